The molecule has 3 nitrogen and oxygen atoms in total. The number of likely N-dealkylation sites (tertiary alicyclic amines) is 1. The molecule has 1 fully saturated rings. The summed E-state index contributed by atoms with van der Waals surface area (Å²) in [5.41, 5.74) is 6.80. The van der Waals surface area contributed by atoms with Crippen molar-refractivity contribution in [2.45, 2.75) is 39.2 Å². The van der Waals surface area contributed by atoms with Gasteiger partial charge >= 0.3 is 0 Å². The van der Waals surface area contributed by atoms with Crippen LogP contribution in [0.4, 0.5) is 10.1 Å². The first kappa shape index (κ1) is 12.9. The Hall–Kier alpha value is -1.58. The van der Waals surface area contributed by atoms with Crippen molar-refractivity contribution in [1.82, 2.24) is 4.90 Å². The van der Waals surface area contributed by atoms with E-state index in [0.29, 0.717) is 16.8 Å². The van der Waals surface area contributed by atoms with Gasteiger partial charge in [0.15, 0.2) is 0 Å². The number of nitrogens with zero attached hydrogens (tertiary/aromatic N) is 1. The van der Waals surface area contributed by atoms with Crippen LogP contribution >= 0.6 is 0 Å². The number of anilines is 1. The van der Waals surface area contributed by atoms with Gasteiger partial charge in [-0.15, -0.1) is 0 Å². The molecule has 1 aliphatic rings. The minimum absolute atomic E-state index is 0.118. The van der Waals surface area contributed by atoms with Crippen molar-refractivity contribution < 1.29 is 9.18 Å². The van der Waals surface area contributed by atoms with E-state index in [9.17, 15) is 9.18 Å². The molecule has 0 aliphatic carbocycles. The monoisotopic (exact) mass is 250 g/mol. The number of nitrogens with two attached hydrogens (primary N) is 1. The van der Waals surface area contributed by atoms with E-state index >= 15 is 0 Å². The lowest BCUT2D eigenvalue weighted by Crippen LogP contribution is -2.42. The lowest BCUT2D eigenvalue weighted by atomic mass is 10.0. The van der Waals surface area contributed by atoms with E-state index in [1.54, 1.807) is 13.0 Å². The molecule has 1 aliphatic heterocycles. The number of carbonyl (C=O) groups excluding carboxylic acids is 1. The van der Waals surface area contributed by atoms with Crippen LogP contribution in [0.1, 0.15) is 42.1 Å². The number of nitrogen functional groups attached to an aromatic ring is 1. The molecule has 18 heavy (non-hydrogen) atoms. The van der Waals surface area contributed by atoms with Gasteiger partial charge in [-0.1, -0.05) is 0 Å². The van der Waals surface area contributed by atoms with Crippen LogP contribution in [0, 0.1) is 12.7 Å². The summed E-state index contributed by atoms with van der Waals surface area (Å²) in [6.07, 6.45) is 3.17. The smallest absolute Gasteiger partial charge is 0.254 e. The number of rotatable bonds is 1. The summed E-state index contributed by atoms with van der Waals surface area (Å²) in [5, 5.41) is 0. The normalized spacial score (nSPS) is 19.9. The number of benzene rings is 1. The van der Waals surface area contributed by atoms with Crippen LogP contribution in [-0.4, -0.2) is 23.4 Å². The topological polar surface area (TPSA) is 46.3 Å². The maximum absolute atomic E-state index is 13.6. The Morgan fingerprint density at radius 1 is 1.44 bits per heavy atom. The average Bonchev–Trinajstić information content (AvgIpc) is 2.35. The molecule has 2 N–H and O–H groups in total. The molecule has 1 saturated heterocycles. The Morgan fingerprint density at radius 2 is 2.17 bits per heavy atom. The highest BCUT2D eigenvalue weighted by Crippen LogP contribution is 2.22. The molecule has 4 heteroatoms. The molecule has 1 amide bonds. The quantitative estimate of drug-likeness (QED) is 0.779. The summed E-state index contributed by atoms with van der Waals surface area (Å²) < 4.78 is 13.6. The fourth-order valence-electron chi connectivity index (χ4n) is 2.39. The number of hydrogen-bond donors (Lipinski definition) is 1. The first-order valence-corrected chi connectivity index (χ1v) is 6.37. The van der Waals surface area contributed by atoms with Crippen molar-refractivity contribution in [3.8, 4) is 0 Å². The predicted molar refractivity (Wildman–Crippen MR) is 69.9 cm³/mol. The summed E-state index contributed by atoms with van der Waals surface area (Å²) in [7, 11) is 0. The summed E-state index contributed by atoms with van der Waals surface area (Å²) >= 11 is 0. The number of piperidine rings is 1. The van der Waals surface area contributed by atoms with Gasteiger partial charge in [0.05, 0.1) is 0 Å². The second kappa shape index (κ2) is 4.96. The Kier molecular flexibility index (Phi) is 3.55. The van der Waals surface area contributed by atoms with E-state index in [1.165, 1.54) is 6.07 Å². The molecule has 1 aromatic rings. The molecule has 0 saturated carbocycles. The molecule has 0 bridgehead atoms. The van der Waals surface area contributed by atoms with Crippen LogP contribution in [0.5, 0.6) is 0 Å². The van der Waals surface area contributed by atoms with E-state index in [-0.39, 0.29) is 11.9 Å². The third-order valence-electron chi connectivity index (χ3n) is 3.70. The minimum Gasteiger partial charge on any atom is -0.398 e. The standard InChI is InChI=1S/C14H19FN2O/c1-9-5-3-4-6-17(9)14(18)11-7-12(15)10(2)13(16)8-11/h7-9H,3-6,16H2,1-2H3. The third kappa shape index (κ3) is 2.33. The highest BCUT2D eigenvalue weighted by atomic mass is 19.1. The number of hydrogen-bond acceptors (Lipinski definition) is 2. The van der Waals surface area contributed by atoms with Gasteiger partial charge in [-0.3, -0.25) is 4.79 Å². The van der Waals surface area contributed by atoms with Gasteiger partial charge < -0.3 is 10.6 Å². The van der Waals surface area contributed by atoms with Crippen LogP contribution in [0.25, 0.3) is 0 Å². The number of amides is 1. The molecular formula is C14H19FN2O. The Balaban J connectivity index is 2.28. The van der Waals surface area contributed by atoms with E-state index < -0.39 is 5.82 Å². The first-order chi connectivity index (χ1) is 8.50. The molecule has 2 rings (SSSR count). The molecule has 1 aromatic carbocycles. The van der Waals surface area contributed by atoms with E-state index in [1.807, 2.05) is 11.8 Å². The Labute approximate surface area is 107 Å². The van der Waals surface area contributed by atoms with Crippen molar-refractivity contribution in [3.05, 3.63) is 29.1 Å². The lowest BCUT2D eigenvalue weighted by molar-refractivity contribution is 0.0635. The fourth-order valence-corrected chi connectivity index (χ4v) is 2.39. The Morgan fingerprint density at radius 3 is 2.78 bits per heavy atom. The molecule has 1 atom stereocenters. The predicted octanol–water partition coefficient (Wildman–Crippen LogP) is 2.73. The van der Waals surface area contributed by atoms with Gasteiger partial charge in [0.2, 0.25) is 0 Å². The zero-order chi connectivity index (χ0) is 13.3. The zero-order valence-electron chi connectivity index (χ0n) is 10.9. The minimum atomic E-state index is -0.414. The third-order valence-corrected chi connectivity index (χ3v) is 3.70. The molecule has 0 aromatic heterocycles. The van der Waals surface area contributed by atoms with Crippen molar-refractivity contribution in [3.63, 3.8) is 0 Å². The van der Waals surface area contributed by atoms with Crippen LogP contribution in [0.15, 0.2) is 12.1 Å². The van der Waals surface area contributed by atoms with Gasteiger partial charge in [-0.25, -0.2) is 4.39 Å². The van der Waals surface area contributed by atoms with Gasteiger partial charge in [0.25, 0.3) is 5.91 Å². The second-order valence-electron chi connectivity index (χ2n) is 5.02. The summed E-state index contributed by atoms with van der Waals surface area (Å²) in [6, 6.07) is 3.08. The highest BCUT2D eigenvalue weighted by molar-refractivity contribution is 5.95. The van der Waals surface area contributed by atoms with Crippen molar-refractivity contribution >= 4 is 11.6 Å². The highest BCUT2D eigenvalue weighted by Gasteiger charge is 2.25. The maximum atomic E-state index is 13.6. The average molecular weight is 250 g/mol. The largest absolute Gasteiger partial charge is 0.398 e. The number of carbonyl (C=O) groups is 1. The second-order valence-corrected chi connectivity index (χ2v) is 5.02. The number of halogens is 1. The molecule has 1 heterocycles. The van der Waals surface area contributed by atoms with Crippen LogP contribution < -0.4 is 5.73 Å². The van der Waals surface area contributed by atoms with Crippen LogP contribution in [-0.2, 0) is 0 Å². The lowest BCUT2D eigenvalue weighted by Gasteiger charge is -2.33. The fraction of sp³-hybridized carbons (Fsp3) is 0.500. The molecule has 0 spiro atoms. The van der Waals surface area contributed by atoms with Crippen molar-refractivity contribution in [1.29, 1.82) is 0 Å². The summed E-state index contributed by atoms with van der Waals surface area (Å²) in [5.74, 6) is -0.532. The van der Waals surface area contributed by atoms with Crippen LogP contribution in [0.3, 0.4) is 0 Å². The first-order valence-electron chi connectivity index (χ1n) is 6.37. The van der Waals surface area contributed by atoms with Crippen molar-refractivity contribution in [2.24, 2.45) is 0 Å². The van der Waals surface area contributed by atoms with Crippen LogP contribution in [0.2, 0.25) is 0 Å². The van der Waals surface area contributed by atoms with Gasteiger partial charge in [-0.05, 0) is 45.2 Å². The van der Waals surface area contributed by atoms with Gasteiger partial charge in [0.1, 0.15) is 5.82 Å². The Bertz CT molecular complexity index is 450. The molecular weight excluding hydrogens is 231 g/mol. The molecule has 98 valence electrons. The molecule has 0 radical (unpaired) electrons. The summed E-state index contributed by atoms with van der Waals surface area (Å²) in [4.78, 5) is 14.1. The van der Waals surface area contributed by atoms with E-state index in [0.717, 1.165) is 25.8 Å². The molecule has 1 unspecified atom stereocenters. The summed E-state index contributed by atoms with van der Waals surface area (Å²) in [6.45, 7) is 4.39. The van der Waals surface area contributed by atoms with Gasteiger partial charge in [-0.2, -0.15) is 0 Å². The maximum Gasteiger partial charge on any atom is 0.254 e. The van der Waals surface area contributed by atoms with Crippen molar-refractivity contribution in [2.75, 3.05) is 12.3 Å². The SMILES string of the molecule is Cc1c(N)cc(C(=O)N2CCCCC2C)cc1F. The van der Waals surface area contributed by atoms with E-state index in [2.05, 4.69) is 0 Å². The van der Waals surface area contributed by atoms with Gasteiger partial charge in [0, 0.05) is 29.4 Å². The van der Waals surface area contributed by atoms with E-state index in [4.69, 9.17) is 5.73 Å². The zero-order valence-corrected chi connectivity index (χ0v) is 10.9.